The largest absolute Gasteiger partial charge is 0.333 e. The lowest BCUT2D eigenvalue weighted by Crippen LogP contribution is -2.43. The van der Waals surface area contributed by atoms with Crippen LogP contribution in [0.1, 0.15) is 45.1 Å². The summed E-state index contributed by atoms with van der Waals surface area (Å²) in [4.78, 5) is 43.4. The molecule has 0 aliphatic heterocycles. The van der Waals surface area contributed by atoms with Crippen LogP contribution in [-0.2, 0) is 24.4 Å². The molecule has 9 heteroatoms. The summed E-state index contributed by atoms with van der Waals surface area (Å²) in [5.74, 6) is -0.425. The number of fused-ring (bicyclic) bond motifs is 1. The number of aryl methyl sites for hydroxylation is 3. The molecule has 0 atom stereocenters. The number of nitrogens with zero attached hydrogens (tertiary/aromatic N) is 4. The van der Waals surface area contributed by atoms with Crippen LogP contribution < -0.4 is 16.6 Å². The Morgan fingerprint density at radius 2 is 1.81 bits per heavy atom. The van der Waals surface area contributed by atoms with E-state index in [2.05, 4.69) is 33.2 Å². The first-order valence-electron chi connectivity index (χ1n) is 10.6. The van der Waals surface area contributed by atoms with Crippen molar-refractivity contribution < 1.29 is 4.79 Å². The number of amides is 1. The molecular formula is C22H28BrN5O3. The molecule has 0 spiro atoms. The molecule has 3 aromatic rings. The highest BCUT2D eigenvalue weighted by Crippen LogP contribution is 2.20. The summed E-state index contributed by atoms with van der Waals surface area (Å²) in [5.41, 5.74) is 1.29. The standard InChI is InChI=1S/C22H28BrN5O3/c1-4-6-10-26-14-24-20-19(26)21(30)28(22(31)27(20)11-7-5-2)13-18(29)25-17-9-8-16(23)12-15(17)3/h8-9,12,14H,4-7,10-11,13H2,1-3H3,(H,25,29). The Hall–Kier alpha value is -2.68. The monoisotopic (exact) mass is 489 g/mol. The maximum atomic E-state index is 13.2. The fourth-order valence-corrected chi connectivity index (χ4v) is 3.97. The van der Waals surface area contributed by atoms with Crippen molar-refractivity contribution in [3.8, 4) is 0 Å². The molecule has 0 unspecified atom stereocenters. The second kappa shape index (κ2) is 10.1. The number of halogens is 1. The topological polar surface area (TPSA) is 90.9 Å². The van der Waals surface area contributed by atoms with E-state index in [-0.39, 0.29) is 6.54 Å². The summed E-state index contributed by atoms with van der Waals surface area (Å²) >= 11 is 3.40. The van der Waals surface area contributed by atoms with Crippen molar-refractivity contribution in [3.05, 3.63) is 55.4 Å². The van der Waals surface area contributed by atoms with Crippen molar-refractivity contribution >= 4 is 38.7 Å². The average molecular weight is 490 g/mol. The molecule has 0 fully saturated rings. The number of carbonyl (C=O) groups excluding carboxylic acids is 1. The van der Waals surface area contributed by atoms with Gasteiger partial charge in [-0.25, -0.2) is 14.3 Å². The zero-order chi connectivity index (χ0) is 22.5. The molecule has 1 amide bonds. The molecule has 1 aromatic carbocycles. The van der Waals surface area contributed by atoms with E-state index in [1.807, 2.05) is 26.0 Å². The minimum atomic E-state index is -0.505. The van der Waals surface area contributed by atoms with Gasteiger partial charge in [-0.3, -0.25) is 14.2 Å². The average Bonchev–Trinajstić information content (AvgIpc) is 3.15. The van der Waals surface area contributed by atoms with Crippen LogP contribution in [0.15, 0.2) is 38.6 Å². The Morgan fingerprint density at radius 3 is 2.48 bits per heavy atom. The molecule has 31 heavy (non-hydrogen) atoms. The molecule has 0 saturated carbocycles. The van der Waals surface area contributed by atoms with Gasteiger partial charge in [0.05, 0.1) is 6.33 Å². The third-order valence-electron chi connectivity index (χ3n) is 5.24. The molecule has 0 aliphatic carbocycles. The number of imidazole rings is 1. The van der Waals surface area contributed by atoms with Gasteiger partial charge < -0.3 is 9.88 Å². The van der Waals surface area contributed by atoms with E-state index in [1.165, 1.54) is 4.57 Å². The lowest BCUT2D eigenvalue weighted by Gasteiger charge is -2.13. The molecule has 8 nitrogen and oxygen atoms in total. The van der Waals surface area contributed by atoms with E-state index in [0.29, 0.717) is 29.9 Å². The minimum absolute atomic E-state index is 0.353. The van der Waals surface area contributed by atoms with Crippen LogP contribution >= 0.6 is 15.9 Å². The van der Waals surface area contributed by atoms with Gasteiger partial charge in [-0.15, -0.1) is 0 Å². The third-order valence-corrected chi connectivity index (χ3v) is 5.73. The summed E-state index contributed by atoms with van der Waals surface area (Å²) < 4.78 is 5.23. The molecule has 166 valence electrons. The Labute approximate surface area is 189 Å². The van der Waals surface area contributed by atoms with Crippen LogP contribution in [0.5, 0.6) is 0 Å². The van der Waals surface area contributed by atoms with Gasteiger partial charge in [-0.1, -0.05) is 42.6 Å². The van der Waals surface area contributed by atoms with Gasteiger partial charge in [0, 0.05) is 23.2 Å². The second-order valence-electron chi connectivity index (χ2n) is 7.65. The first-order chi connectivity index (χ1) is 14.9. The highest BCUT2D eigenvalue weighted by Gasteiger charge is 2.19. The molecule has 1 N–H and O–H groups in total. The van der Waals surface area contributed by atoms with Gasteiger partial charge >= 0.3 is 5.69 Å². The van der Waals surface area contributed by atoms with E-state index >= 15 is 0 Å². The third kappa shape index (κ3) is 4.98. The highest BCUT2D eigenvalue weighted by molar-refractivity contribution is 9.10. The fraction of sp³-hybridized carbons (Fsp3) is 0.455. The Morgan fingerprint density at radius 1 is 1.10 bits per heavy atom. The van der Waals surface area contributed by atoms with Crippen molar-refractivity contribution in [2.75, 3.05) is 5.32 Å². The molecule has 0 saturated heterocycles. The summed E-state index contributed by atoms with van der Waals surface area (Å²) in [6.45, 7) is 6.72. The number of hydrogen-bond donors (Lipinski definition) is 1. The fourth-order valence-electron chi connectivity index (χ4n) is 3.49. The number of unbranched alkanes of at least 4 members (excludes halogenated alkanes) is 2. The normalized spacial score (nSPS) is 11.2. The number of hydrogen-bond acceptors (Lipinski definition) is 4. The van der Waals surface area contributed by atoms with Gasteiger partial charge in [-0.2, -0.15) is 0 Å². The lowest BCUT2D eigenvalue weighted by molar-refractivity contribution is -0.116. The number of rotatable bonds is 9. The lowest BCUT2D eigenvalue weighted by atomic mass is 10.2. The van der Waals surface area contributed by atoms with E-state index in [4.69, 9.17) is 0 Å². The van der Waals surface area contributed by atoms with Crippen molar-refractivity contribution in [1.29, 1.82) is 0 Å². The smallest absolute Gasteiger partial charge is 0.325 e. The van der Waals surface area contributed by atoms with Crippen LogP contribution in [-0.4, -0.2) is 24.6 Å². The van der Waals surface area contributed by atoms with Crippen LogP contribution in [0, 0.1) is 6.92 Å². The molecule has 0 radical (unpaired) electrons. The van der Waals surface area contributed by atoms with Gasteiger partial charge in [-0.05, 0) is 43.5 Å². The van der Waals surface area contributed by atoms with Gasteiger partial charge in [0.15, 0.2) is 11.2 Å². The zero-order valence-electron chi connectivity index (χ0n) is 18.2. The van der Waals surface area contributed by atoms with Gasteiger partial charge in [0.25, 0.3) is 5.56 Å². The predicted octanol–water partition coefficient (Wildman–Crippen LogP) is 3.67. The number of carbonyl (C=O) groups is 1. The minimum Gasteiger partial charge on any atom is -0.325 e. The van der Waals surface area contributed by atoms with E-state index in [9.17, 15) is 14.4 Å². The Balaban J connectivity index is 2.02. The maximum absolute atomic E-state index is 13.2. The molecule has 0 bridgehead atoms. The van der Waals surface area contributed by atoms with E-state index in [0.717, 1.165) is 40.3 Å². The van der Waals surface area contributed by atoms with Crippen molar-refractivity contribution in [2.45, 2.75) is 66.1 Å². The van der Waals surface area contributed by atoms with E-state index in [1.54, 1.807) is 17.0 Å². The zero-order valence-corrected chi connectivity index (χ0v) is 19.7. The molecule has 0 aliphatic rings. The summed E-state index contributed by atoms with van der Waals surface area (Å²) in [5, 5.41) is 2.80. The second-order valence-corrected chi connectivity index (χ2v) is 8.57. The van der Waals surface area contributed by atoms with Crippen molar-refractivity contribution in [1.82, 2.24) is 18.7 Å². The quantitative estimate of drug-likeness (QED) is 0.496. The summed E-state index contributed by atoms with van der Waals surface area (Å²) in [6.07, 6.45) is 5.14. The Bertz CT molecular complexity index is 1210. The summed E-state index contributed by atoms with van der Waals surface area (Å²) in [6, 6.07) is 5.49. The first-order valence-corrected chi connectivity index (χ1v) is 11.4. The van der Waals surface area contributed by atoms with Gasteiger partial charge in [0.1, 0.15) is 6.54 Å². The summed E-state index contributed by atoms with van der Waals surface area (Å²) in [7, 11) is 0. The predicted molar refractivity (Wildman–Crippen MR) is 126 cm³/mol. The van der Waals surface area contributed by atoms with Crippen molar-refractivity contribution in [3.63, 3.8) is 0 Å². The van der Waals surface area contributed by atoms with E-state index < -0.39 is 17.2 Å². The number of nitrogens with one attached hydrogen (secondary N) is 1. The van der Waals surface area contributed by atoms with Gasteiger partial charge in [0.2, 0.25) is 5.91 Å². The van der Waals surface area contributed by atoms with Crippen LogP contribution in [0.4, 0.5) is 5.69 Å². The number of anilines is 1. The highest BCUT2D eigenvalue weighted by atomic mass is 79.9. The molecule has 3 rings (SSSR count). The SMILES string of the molecule is CCCCn1cnc2c1c(=O)n(CC(=O)Nc1ccc(Br)cc1C)c(=O)n2CCCC. The van der Waals surface area contributed by atoms with Crippen LogP contribution in [0.2, 0.25) is 0 Å². The maximum Gasteiger partial charge on any atom is 0.333 e. The first kappa shape index (κ1) is 23.0. The number of benzene rings is 1. The molecular weight excluding hydrogens is 462 g/mol. The molecule has 2 heterocycles. The van der Waals surface area contributed by atoms with Crippen LogP contribution in [0.3, 0.4) is 0 Å². The number of aromatic nitrogens is 4. The molecule has 2 aromatic heterocycles. The van der Waals surface area contributed by atoms with Crippen LogP contribution in [0.25, 0.3) is 11.2 Å². The van der Waals surface area contributed by atoms with Crippen molar-refractivity contribution in [2.24, 2.45) is 0 Å². The Kier molecular flexibility index (Phi) is 7.48.